The molecular formula is C13H20N2O2S2. The van der Waals surface area contributed by atoms with Crippen LogP contribution < -0.4 is 10.0 Å². The second-order valence-corrected chi connectivity index (χ2v) is 8.36. The molecule has 1 heterocycles. The zero-order valence-electron chi connectivity index (χ0n) is 11.1. The summed E-state index contributed by atoms with van der Waals surface area (Å²) in [6.45, 7) is 2.74. The Balaban J connectivity index is 1.62. The Morgan fingerprint density at radius 1 is 1.37 bits per heavy atom. The lowest BCUT2D eigenvalue weighted by atomic mass is 10.2. The molecule has 1 unspecified atom stereocenters. The van der Waals surface area contributed by atoms with Crippen molar-refractivity contribution in [1.29, 1.82) is 0 Å². The van der Waals surface area contributed by atoms with Crippen LogP contribution in [0.25, 0.3) is 0 Å². The summed E-state index contributed by atoms with van der Waals surface area (Å²) in [4.78, 5) is 1.50. The van der Waals surface area contributed by atoms with Crippen LogP contribution >= 0.6 is 11.3 Å². The number of nitrogens with one attached hydrogen (secondary N) is 2. The Labute approximate surface area is 118 Å². The Hall–Kier alpha value is -0.430. The van der Waals surface area contributed by atoms with Gasteiger partial charge in [-0.05, 0) is 44.6 Å². The van der Waals surface area contributed by atoms with Crippen molar-refractivity contribution in [3.8, 4) is 0 Å². The van der Waals surface area contributed by atoms with Crippen LogP contribution in [0.15, 0.2) is 16.3 Å². The lowest BCUT2D eigenvalue weighted by molar-refractivity contribution is 0.538. The molecule has 3 rings (SSSR count). The third kappa shape index (κ3) is 3.56. The van der Waals surface area contributed by atoms with Crippen LogP contribution in [0.5, 0.6) is 0 Å². The van der Waals surface area contributed by atoms with Crippen molar-refractivity contribution in [3.63, 3.8) is 0 Å². The SMILES string of the molecule is CC(NS(=O)(=O)c1csc(CNC2CC2)c1)C1CC1. The minimum Gasteiger partial charge on any atom is -0.309 e. The van der Waals surface area contributed by atoms with E-state index in [1.54, 1.807) is 11.4 Å². The Bertz CT molecular complexity index is 545. The normalized spacial score (nSPS) is 21.5. The second kappa shape index (κ2) is 5.16. The van der Waals surface area contributed by atoms with E-state index in [4.69, 9.17) is 0 Å². The van der Waals surface area contributed by atoms with E-state index in [1.807, 2.05) is 6.92 Å². The fraction of sp³-hybridized carbons (Fsp3) is 0.692. The highest BCUT2D eigenvalue weighted by Crippen LogP contribution is 2.33. The molecule has 0 saturated heterocycles. The van der Waals surface area contributed by atoms with Gasteiger partial charge in [-0.3, -0.25) is 0 Å². The summed E-state index contributed by atoms with van der Waals surface area (Å²) in [5, 5.41) is 5.14. The Morgan fingerprint density at radius 3 is 2.74 bits per heavy atom. The first-order valence-corrected chi connectivity index (χ1v) is 9.24. The molecule has 2 saturated carbocycles. The molecule has 0 spiro atoms. The van der Waals surface area contributed by atoms with Gasteiger partial charge >= 0.3 is 0 Å². The summed E-state index contributed by atoms with van der Waals surface area (Å²) in [6.07, 6.45) is 4.78. The molecule has 2 N–H and O–H groups in total. The maximum absolute atomic E-state index is 12.2. The fourth-order valence-corrected chi connectivity index (χ4v) is 4.67. The second-order valence-electron chi connectivity index (χ2n) is 5.65. The van der Waals surface area contributed by atoms with Crippen LogP contribution in [0, 0.1) is 5.92 Å². The number of hydrogen-bond acceptors (Lipinski definition) is 4. The Morgan fingerprint density at radius 2 is 2.11 bits per heavy atom. The maximum Gasteiger partial charge on any atom is 0.241 e. The number of thiophene rings is 1. The topological polar surface area (TPSA) is 58.2 Å². The van der Waals surface area contributed by atoms with E-state index in [2.05, 4.69) is 10.0 Å². The molecule has 1 atom stereocenters. The summed E-state index contributed by atoms with van der Waals surface area (Å²) < 4.78 is 27.2. The molecule has 2 aliphatic carbocycles. The molecule has 0 aromatic carbocycles. The molecule has 4 nitrogen and oxygen atoms in total. The zero-order chi connectivity index (χ0) is 13.5. The quantitative estimate of drug-likeness (QED) is 0.810. The van der Waals surface area contributed by atoms with E-state index in [1.165, 1.54) is 24.2 Å². The predicted octanol–water partition coefficient (Wildman–Crippen LogP) is 2.08. The molecule has 1 aromatic rings. The standard InChI is InChI=1S/C13H20N2O2S2/c1-9(10-2-3-10)15-19(16,17)13-6-12(18-8-13)7-14-11-4-5-11/h6,8-11,14-15H,2-5,7H2,1H3. The molecule has 0 bridgehead atoms. The van der Waals surface area contributed by atoms with Crippen LogP contribution in [-0.2, 0) is 16.6 Å². The molecule has 0 amide bonds. The van der Waals surface area contributed by atoms with Crippen molar-refractivity contribution in [2.24, 2.45) is 5.92 Å². The Kier molecular flexibility index (Phi) is 3.68. The monoisotopic (exact) mass is 300 g/mol. The first kappa shape index (κ1) is 13.5. The molecule has 19 heavy (non-hydrogen) atoms. The molecule has 2 aliphatic rings. The van der Waals surface area contributed by atoms with E-state index in [-0.39, 0.29) is 6.04 Å². The molecule has 2 fully saturated rings. The van der Waals surface area contributed by atoms with Gasteiger partial charge in [0.15, 0.2) is 0 Å². The molecule has 6 heteroatoms. The molecule has 0 radical (unpaired) electrons. The number of rotatable bonds is 7. The molecule has 0 aliphatic heterocycles. The average molecular weight is 300 g/mol. The van der Waals surface area contributed by atoms with E-state index in [0.29, 0.717) is 16.9 Å². The van der Waals surface area contributed by atoms with Crippen molar-refractivity contribution >= 4 is 21.4 Å². The molecule has 1 aromatic heterocycles. The van der Waals surface area contributed by atoms with E-state index >= 15 is 0 Å². The van der Waals surface area contributed by atoms with E-state index < -0.39 is 10.0 Å². The van der Waals surface area contributed by atoms with Crippen LogP contribution in [0.2, 0.25) is 0 Å². The highest BCUT2D eigenvalue weighted by molar-refractivity contribution is 7.89. The van der Waals surface area contributed by atoms with E-state index in [0.717, 1.165) is 24.3 Å². The van der Waals surface area contributed by atoms with Gasteiger partial charge in [0.25, 0.3) is 0 Å². The van der Waals surface area contributed by atoms with Gasteiger partial charge in [0.1, 0.15) is 0 Å². The van der Waals surface area contributed by atoms with Gasteiger partial charge in [-0.25, -0.2) is 13.1 Å². The fourth-order valence-electron chi connectivity index (χ4n) is 2.13. The summed E-state index contributed by atoms with van der Waals surface area (Å²) in [7, 11) is -3.33. The van der Waals surface area contributed by atoms with Gasteiger partial charge in [0.05, 0.1) is 4.90 Å². The van der Waals surface area contributed by atoms with Gasteiger partial charge in [-0.1, -0.05) is 0 Å². The van der Waals surface area contributed by atoms with Crippen molar-refractivity contribution in [1.82, 2.24) is 10.0 Å². The van der Waals surface area contributed by atoms with Gasteiger partial charge in [0.2, 0.25) is 10.0 Å². The zero-order valence-corrected chi connectivity index (χ0v) is 12.7. The number of sulfonamides is 1. The van der Waals surface area contributed by atoms with Crippen LogP contribution in [0.4, 0.5) is 0 Å². The highest BCUT2D eigenvalue weighted by atomic mass is 32.2. The van der Waals surface area contributed by atoms with Crippen molar-refractivity contribution in [2.45, 2.75) is 56.1 Å². The minimum atomic E-state index is -3.33. The molecular weight excluding hydrogens is 280 g/mol. The lowest BCUT2D eigenvalue weighted by Gasteiger charge is -2.11. The summed E-state index contributed by atoms with van der Waals surface area (Å²) in [5.41, 5.74) is 0. The van der Waals surface area contributed by atoms with Crippen LogP contribution in [0.1, 0.15) is 37.5 Å². The lowest BCUT2D eigenvalue weighted by Crippen LogP contribution is -2.33. The average Bonchev–Trinajstić information content (AvgIpc) is 3.25. The smallest absolute Gasteiger partial charge is 0.241 e. The van der Waals surface area contributed by atoms with Crippen LogP contribution in [0.3, 0.4) is 0 Å². The third-order valence-electron chi connectivity index (χ3n) is 3.75. The van der Waals surface area contributed by atoms with Gasteiger partial charge in [-0.2, -0.15) is 0 Å². The largest absolute Gasteiger partial charge is 0.309 e. The maximum atomic E-state index is 12.2. The predicted molar refractivity (Wildman–Crippen MR) is 76.7 cm³/mol. The van der Waals surface area contributed by atoms with Crippen molar-refractivity contribution in [3.05, 3.63) is 16.3 Å². The van der Waals surface area contributed by atoms with Gasteiger partial charge in [0, 0.05) is 28.9 Å². The van der Waals surface area contributed by atoms with E-state index in [9.17, 15) is 8.42 Å². The summed E-state index contributed by atoms with van der Waals surface area (Å²) >= 11 is 1.52. The first-order chi connectivity index (χ1) is 9.04. The third-order valence-corrected chi connectivity index (χ3v) is 6.38. The number of hydrogen-bond donors (Lipinski definition) is 2. The highest BCUT2D eigenvalue weighted by Gasteiger charge is 2.31. The van der Waals surface area contributed by atoms with Gasteiger partial charge < -0.3 is 5.32 Å². The van der Waals surface area contributed by atoms with Gasteiger partial charge in [-0.15, -0.1) is 11.3 Å². The summed E-state index contributed by atoms with van der Waals surface area (Å²) in [6, 6.07) is 2.50. The summed E-state index contributed by atoms with van der Waals surface area (Å²) in [5.74, 6) is 0.532. The van der Waals surface area contributed by atoms with Crippen molar-refractivity contribution < 1.29 is 8.42 Å². The van der Waals surface area contributed by atoms with Crippen LogP contribution in [-0.4, -0.2) is 20.5 Å². The first-order valence-electron chi connectivity index (χ1n) is 6.88. The molecule has 106 valence electrons. The minimum absolute atomic E-state index is 0.0536. The van der Waals surface area contributed by atoms with Crippen molar-refractivity contribution in [2.75, 3.05) is 0 Å².